The zero-order chi connectivity index (χ0) is 13.9. The van der Waals surface area contributed by atoms with Crippen molar-refractivity contribution in [2.45, 2.75) is 32.2 Å². The number of primary amides is 1. The van der Waals surface area contributed by atoms with E-state index in [1.807, 2.05) is 25.1 Å². The number of anilines is 1. The summed E-state index contributed by atoms with van der Waals surface area (Å²) in [5.41, 5.74) is 7.21. The van der Waals surface area contributed by atoms with Gasteiger partial charge in [0.15, 0.2) is 0 Å². The van der Waals surface area contributed by atoms with Crippen molar-refractivity contribution >= 4 is 11.6 Å². The van der Waals surface area contributed by atoms with Crippen molar-refractivity contribution in [2.75, 3.05) is 25.0 Å². The van der Waals surface area contributed by atoms with Crippen LogP contribution >= 0.6 is 0 Å². The SMILES string of the molecule is CCN1CCC(Nc2cccc(C)c2)(C(N)=O)CC1. The molecule has 3 N–H and O–H groups in total. The van der Waals surface area contributed by atoms with Crippen molar-refractivity contribution in [1.29, 1.82) is 0 Å². The fourth-order valence-corrected chi connectivity index (χ4v) is 2.68. The molecule has 4 nitrogen and oxygen atoms in total. The number of carbonyl (C=O) groups is 1. The Morgan fingerprint density at radius 3 is 2.63 bits per heavy atom. The smallest absolute Gasteiger partial charge is 0.243 e. The first-order valence-electron chi connectivity index (χ1n) is 6.93. The number of hydrogen-bond acceptors (Lipinski definition) is 3. The molecule has 0 aromatic heterocycles. The number of likely N-dealkylation sites (tertiary alicyclic amines) is 1. The highest BCUT2D eigenvalue weighted by molar-refractivity contribution is 5.88. The number of nitrogens with zero attached hydrogens (tertiary/aromatic N) is 1. The molecular formula is C15H23N3O. The maximum absolute atomic E-state index is 11.9. The zero-order valence-electron chi connectivity index (χ0n) is 11.8. The van der Waals surface area contributed by atoms with E-state index >= 15 is 0 Å². The second-order valence-electron chi connectivity index (χ2n) is 5.38. The van der Waals surface area contributed by atoms with Gasteiger partial charge in [0.25, 0.3) is 0 Å². The standard InChI is InChI=1S/C15H23N3O/c1-3-18-9-7-15(8-10-18,14(16)19)17-13-6-4-5-12(2)11-13/h4-6,11,17H,3,7-10H2,1-2H3,(H2,16,19). The van der Waals surface area contributed by atoms with Crippen molar-refractivity contribution < 1.29 is 4.79 Å². The summed E-state index contributed by atoms with van der Waals surface area (Å²) in [5.74, 6) is -0.246. The van der Waals surface area contributed by atoms with Gasteiger partial charge in [-0.1, -0.05) is 19.1 Å². The van der Waals surface area contributed by atoms with Gasteiger partial charge in [-0.05, 0) is 44.0 Å². The van der Waals surface area contributed by atoms with Crippen LogP contribution in [0.5, 0.6) is 0 Å². The maximum atomic E-state index is 11.9. The van der Waals surface area contributed by atoms with Crippen LogP contribution < -0.4 is 11.1 Å². The van der Waals surface area contributed by atoms with Gasteiger partial charge in [-0.2, -0.15) is 0 Å². The first-order chi connectivity index (χ1) is 9.05. The Morgan fingerprint density at radius 2 is 2.11 bits per heavy atom. The van der Waals surface area contributed by atoms with E-state index in [4.69, 9.17) is 5.73 Å². The number of benzene rings is 1. The minimum Gasteiger partial charge on any atom is -0.371 e. The summed E-state index contributed by atoms with van der Waals surface area (Å²) in [4.78, 5) is 14.2. The lowest BCUT2D eigenvalue weighted by Gasteiger charge is -2.40. The van der Waals surface area contributed by atoms with Crippen LogP contribution in [0.4, 0.5) is 5.69 Å². The molecule has 19 heavy (non-hydrogen) atoms. The summed E-state index contributed by atoms with van der Waals surface area (Å²) >= 11 is 0. The number of carbonyl (C=O) groups excluding carboxylic acids is 1. The van der Waals surface area contributed by atoms with Crippen LogP contribution in [0.15, 0.2) is 24.3 Å². The highest BCUT2D eigenvalue weighted by atomic mass is 16.1. The number of hydrogen-bond donors (Lipinski definition) is 2. The molecule has 0 aliphatic carbocycles. The second-order valence-corrected chi connectivity index (χ2v) is 5.38. The number of aryl methyl sites for hydroxylation is 1. The van der Waals surface area contributed by atoms with Crippen LogP contribution in [-0.2, 0) is 4.79 Å². The monoisotopic (exact) mass is 261 g/mol. The third-order valence-corrected chi connectivity index (χ3v) is 4.03. The van der Waals surface area contributed by atoms with Crippen LogP contribution in [0.1, 0.15) is 25.3 Å². The Bertz CT molecular complexity index is 450. The molecule has 1 aliphatic rings. The average molecular weight is 261 g/mol. The lowest BCUT2D eigenvalue weighted by Crippen LogP contribution is -2.57. The number of rotatable bonds is 4. The quantitative estimate of drug-likeness (QED) is 0.868. The van der Waals surface area contributed by atoms with Crippen LogP contribution in [0.25, 0.3) is 0 Å². The van der Waals surface area contributed by atoms with E-state index in [9.17, 15) is 4.79 Å². The summed E-state index contributed by atoms with van der Waals surface area (Å²) in [6, 6.07) is 8.08. The average Bonchev–Trinajstić information content (AvgIpc) is 2.39. The Balaban J connectivity index is 2.15. The van der Waals surface area contributed by atoms with E-state index in [2.05, 4.69) is 23.2 Å². The van der Waals surface area contributed by atoms with Crippen molar-refractivity contribution in [1.82, 2.24) is 4.90 Å². The fourth-order valence-electron chi connectivity index (χ4n) is 2.68. The predicted molar refractivity (Wildman–Crippen MR) is 78.1 cm³/mol. The molecule has 2 rings (SSSR count). The van der Waals surface area contributed by atoms with Crippen molar-refractivity contribution in [3.63, 3.8) is 0 Å². The van der Waals surface area contributed by atoms with Gasteiger partial charge in [-0.3, -0.25) is 4.79 Å². The van der Waals surface area contributed by atoms with Gasteiger partial charge in [-0.25, -0.2) is 0 Å². The number of piperidine rings is 1. The second kappa shape index (κ2) is 5.61. The Labute approximate surface area is 115 Å². The maximum Gasteiger partial charge on any atom is 0.243 e. The summed E-state index contributed by atoms with van der Waals surface area (Å²) in [7, 11) is 0. The molecule has 0 spiro atoms. The molecule has 0 unspecified atom stereocenters. The molecule has 0 bridgehead atoms. The van der Waals surface area contributed by atoms with E-state index in [-0.39, 0.29) is 5.91 Å². The third kappa shape index (κ3) is 3.07. The third-order valence-electron chi connectivity index (χ3n) is 4.03. The van der Waals surface area contributed by atoms with Gasteiger partial charge < -0.3 is 16.0 Å². The van der Waals surface area contributed by atoms with Gasteiger partial charge in [-0.15, -0.1) is 0 Å². The summed E-state index contributed by atoms with van der Waals surface area (Å²) in [5, 5.41) is 3.38. The Morgan fingerprint density at radius 1 is 1.42 bits per heavy atom. The van der Waals surface area contributed by atoms with Gasteiger partial charge >= 0.3 is 0 Å². The van der Waals surface area contributed by atoms with Gasteiger partial charge in [0.2, 0.25) is 5.91 Å². The molecule has 104 valence electrons. The highest BCUT2D eigenvalue weighted by Gasteiger charge is 2.39. The molecular weight excluding hydrogens is 238 g/mol. The van der Waals surface area contributed by atoms with Crippen molar-refractivity contribution in [2.24, 2.45) is 5.73 Å². The largest absolute Gasteiger partial charge is 0.371 e. The molecule has 1 fully saturated rings. The van der Waals surface area contributed by atoms with Crippen molar-refractivity contribution in [3.05, 3.63) is 29.8 Å². The minimum atomic E-state index is -0.598. The summed E-state index contributed by atoms with van der Waals surface area (Å²) in [6.07, 6.45) is 1.54. The molecule has 0 radical (unpaired) electrons. The van der Waals surface area contributed by atoms with E-state index in [1.54, 1.807) is 0 Å². The Hall–Kier alpha value is -1.55. The summed E-state index contributed by atoms with van der Waals surface area (Å²) < 4.78 is 0. The van der Waals surface area contributed by atoms with E-state index in [0.717, 1.165) is 38.2 Å². The molecule has 1 aromatic carbocycles. The normalized spacial score (nSPS) is 19.1. The zero-order valence-corrected chi connectivity index (χ0v) is 11.8. The topological polar surface area (TPSA) is 58.4 Å². The molecule has 1 aliphatic heterocycles. The minimum absolute atomic E-state index is 0.246. The van der Waals surface area contributed by atoms with E-state index in [0.29, 0.717) is 0 Å². The highest BCUT2D eigenvalue weighted by Crippen LogP contribution is 2.27. The molecule has 1 saturated heterocycles. The van der Waals surface area contributed by atoms with Gasteiger partial charge in [0.1, 0.15) is 5.54 Å². The van der Waals surface area contributed by atoms with Gasteiger partial charge in [0.05, 0.1) is 0 Å². The molecule has 0 saturated carbocycles. The molecule has 4 heteroatoms. The lowest BCUT2D eigenvalue weighted by molar-refractivity contribution is -0.123. The van der Waals surface area contributed by atoms with Crippen LogP contribution in [0, 0.1) is 6.92 Å². The van der Waals surface area contributed by atoms with Crippen molar-refractivity contribution in [3.8, 4) is 0 Å². The Kier molecular flexibility index (Phi) is 4.10. The van der Waals surface area contributed by atoms with E-state index in [1.165, 1.54) is 5.56 Å². The number of amides is 1. The number of nitrogens with one attached hydrogen (secondary N) is 1. The first kappa shape index (κ1) is 13.9. The first-order valence-corrected chi connectivity index (χ1v) is 6.93. The van der Waals surface area contributed by atoms with Crippen LogP contribution in [-0.4, -0.2) is 36.0 Å². The number of nitrogens with two attached hydrogens (primary N) is 1. The van der Waals surface area contributed by atoms with Gasteiger partial charge in [0, 0.05) is 18.8 Å². The lowest BCUT2D eigenvalue weighted by atomic mass is 9.86. The molecule has 1 aromatic rings. The van der Waals surface area contributed by atoms with E-state index < -0.39 is 5.54 Å². The van der Waals surface area contributed by atoms with Crippen LogP contribution in [0.3, 0.4) is 0 Å². The fraction of sp³-hybridized carbons (Fsp3) is 0.533. The molecule has 0 atom stereocenters. The molecule has 1 heterocycles. The molecule has 1 amide bonds. The summed E-state index contributed by atoms with van der Waals surface area (Å²) in [6.45, 7) is 7.04. The predicted octanol–water partition coefficient (Wildman–Crippen LogP) is 1.75. The van der Waals surface area contributed by atoms with Crippen LogP contribution in [0.2, 0.25) is 0 Å².